The van der Waals surface area contributed by atoms with E-state index in [0.717, 1.165) is 4.57 Å². The highest BCUT2D eigenvalue weighted by molar-refractivity contribution is 7.65. The van der Waals surface area contributed by atoms with Crippen LogP contribution in [0.2, 0.25) is 0 Å². The monoisotopic (exact) mass is 574 g/mol. The molecule has 36 heavy (non-hydrogen) atoms. The molecule has 1 aromatic heterocycles. The van der Waals surface area contributed by atoms with E-state index >= 15 is 0 Å². The summed E-state index contributed by atoms with van der Waals surface area (Å²) in [6.45, 7) is 1.30. The quantitative estimate of drug-likeness (QED) is 0.126. The molecule has 202 valence electrons. The first kappa shape index (κ1) is 30.5. The molecule has 0 spiro atoms. The van der Waals surface area contributed by atoms with Gasteiger partial charge in [-0.1, -0.05) is 18.8 Å². The van der Waals surface area contributed by atoms with E-state index in [1.807, 2.05) is 6.92 Å². The molecule has 1 saturated heterocycles. The molecular weight excluding hydrogens is 549 g/mol. The van der Waals surface area contributed by atoms with Crippen molar-refractivity contribution in [3.8, 4) is 11.8 Å². The number of ether oxygens (including phenoxy) is 1. The molecule has 5 unspecified atom stereocenters. The van der Waals surface area contributed by atoms with Gasteiger partial charge in [0.15, 0.2) is 0 Å². The summed E-state index contributed by atoms with van der Waals surface area (Å²) in [5, 5.41) is 12.8. The molecule has 1 amide bonds. The van der Waals surface area contributed by atoms with Crippen LogP contribution in [0.1, 0.15) is 38.0 Å². The number of nitrogen functional groups attached to an aromatic ring is 1. The average Bonchev–Trinajstić information content (AvgIpc) is 3.09. The minimum Gasteiger partial charge on any atom is -0.390 e. The zero-order valence-corrected chi connectivity index (χ0v) is 21.3. The third-order valence-corrected chi connectivity index (χ3v) is 7.73. The van der Waals surface area contributed by atoms with Crippen molar-refractivity contribution < 1.29 is 56.5 Å². The predicted molar refractivity (Wildman–Crippen MR) is 121 cm³/mol. The van der Waals surface area contributed by atoms with Crippen molar-refractivity contribution in [2.75, 3.05) is 18.9 Å². The fraction of sp³-hybridized carbons (Fsp3) is 0.562. The molecule has 20 heteroatoms. The number of carbonyl (C=O) groups is 1. The fourth-order valence-corrected chi connectivity index (χ4v) is 5.45. The highest BCUT2D eigenvalue weighted by Crippen LogP contribution is 2.63. The van der Waals surface area contributed by atoms with Crippen molar-refractivity contribution in [1.82, 2.24) is 14.9 Å². The number of amides is 1. The Bertz CT molecular complexity index is 1150. The number of hydrogen-bond donors (Lipinski definition) is 7. The summed E-state index contributed by atoms with van der Waals surface area (Å²) in [6, 6.07) is 0. The second kappa shape index (κ2) is 13.2. The number of nitrogens with two attached hydrogens (primary N) is 1. The van der Waals surface area contributed by atoms with Crippen molar-refractivity contribution >= 4 is 36.0 Å². The first-order valence-corrected chi connectivity index (χ1v) is 14.3. The Labute approximate surface area is 205 Å². The Balaban J connectivity index is 2.00. The molecular formula is C16H25N4O13P3. The van der Waals surface area contributed by atoms with Crippen LogP contribution in [0.25, 0.3) is 0 Å². The molecule has 1 aliphatic rings. The highest BCUT2D eigenvalue weighted by atomic mass is 31.3. The van der Waals surface area contributed by atoms with Gasteiger partial charge >= 0.3 is 29.9 Å². The Kier molecular flexibility index (Phi) is 11.1. The first-order chi connectivity index (χ1) is 16.7. The van der Waals surface area contributed by atoms with E-state index < -0.39 is 55.0 Å². The van der Waals surface area contributed by atoms with Gasteiger partial charge in [-0.05, 0) is 6.42 Å². The van der Waals surface area contributed by atoms with Gasteiger partial charge < -0.3 is 45.0 Å². The van der Waals surface area contributed by atoms with Gasteiger partial charge in [0.2, 0.25) is 5.91 Å². The molecule has 1 aromatic rings. The number of aromatic nitrogens is 2. The van der Waals surface area contributed by atoms with Crippen molar-refractivity contribution in [3.63, 3.8) is 0 Å². The molecule has 0 bridgehead atoms. The molecule has 2 rings (SSSR count). The third-order valence-electron chi connectivity index (χ3n) is 4.30. The number of carbonyl (C=O) groups excluding carboxylic acids is 1. The molecule has 1 fully saturated rings. The van der Waals surface area contributed by atoms with E-state index in [2.05, 4.69) is 30.8 Å². The second-order valence-electron chi connectivity index (χ2n) is 7.15. The van der Waals surface area contributed by atoms with Gasteiger partial charge in [0.25, 0.3) is 0 Å². The zero-order chi connectivity index (χ0) is 27.1. The van der Waals surface area contributed by atoms with Gasteiger partial charge in [0.05, 0.1) is 24.8 Å². The van der Waals surface area contributed by atoms with Gasteiger partial charge in [-0.25, -0.2) is 18.2 Å². The van der Waals surface area contributed by atoms with Crippen LogP contribution in [0.5, 0.6) is 0 Å². The number of anilines is 1. The van der Waals surface area contributed by atoms with E-state index in [-0.39, 0.29) is 30.3 Å². The molecule has 2 heterocycles. The largest absolute Gasteiger partial charge is 0.487 e. The fourth-order valence-electron chi connectivity index (χ4n) is 2.82. The number of aliphatic hydroxyl groups excluding tert-OH is 1. The number of nitrogens with one attached hydrogen (secondary N) is 1. The van der Waals surface area contributed by atoms with Crippen LogP contribution in [0.15, 0.2) is 11.0 Å². The smallest absolute Gasteiger partial charge is 0.390 e. The van der Waals surface area contributed by atoms with Crippen LogP contribution in [0, 0.1) is 11.8 Å². The number of aliphatic hydroxyl groups is 1. The topological polar surface area (TPSA) is 262 Å². The van der Waals surface area contributed by atoms with E-state index in [0.29, 0.717) is 12.8 Å². The first-order valence-electron chi connectivity index (χ1n) is 10.1. The van der Waals surface area contributed by atoms with Crippen molar-refractivity contribution in [1.29, 1.82) is 0 Å². The summed E-state index contributed by atoms with van der Waals surface area (Å²) in [6.07, 6.45) is -1.25. The summed E-state index contributed by atoms with van der Waals surface area (Å²) in [5.74, 6) is 5.04. The lowest BCUT2D eigenvalue weighted by Gasteiger charge is -2.19. The molecule has 0 aromatic carbocycles. The van der Waals surface area contributed by atoms with Crippen molar-refractivity contribution in [2.45, 2.75) is 44.6 Å². The van der Waals surface area contributed by atoms with Gasteiger partial charge in [-0.15, -0.1) is 0 Å². The molecule has 0 saturated carbocycles. The minimum absolute atomic E-state index is 0.0433. The van der Waals surface area contributed by atoms with Gasteiger partial charge in [-0.3, -0.25) is 9.36 Å². The van der Waals surface area contributed by atoms with Crippen LogP contribution in [-0.2, 0) is 31.8 Å². The molecule has 5 atom stereocenters. The number of nitrogens with zero attached hydrogens (tertiary/aromatic N) is 2. The zero-order valence-electron chi connectivity index (χ0n) is 18.7. The van der Waals surface area contributed by atoms with Crippen LogP contribution < -0.4 is 16.7 Å². The number of rotatable bonds is 11. The van der Waals surface area contributed by atoms with Crippen LogP contribution in [-0.4, -0.2) is 65.5 Å². The summed E-state index contributed by atoms with van der Waals surface area (Å²) < 4.78 is 41.0. The molecule has 0 aliphatic carbocycles. The lowest BCUT2D eigenvalue weighted by Crippen LogP contribution is -2.29. The number of phosphoric acid groups is 2. The summed E-state index contributed by atoms with van der Waals surface area (Å²) in [7, 11) is -13.9. The van der Waals surface area contributed by atoms with E-state index in [4.69, 9.17) is 24.8 Å². The molecule has 0 radical (unpaired) electrons. The van der Waals surface area contributed by atoms with Gasteiger partial charge in [0, 0.05) is 19.0 Å². The third kappa shape index (κ3) is 9.95. The SMILES string of the molecule is CCCC(=O)NCC#Cc1cn(C2CC(O)C(COP(O)OP(=O)(O)OP(=O)(O)O)O2)c(=O)nc1N. The summed E-state index contributed by atoms with van der Waals surface area (Å²) in [5.41, 5.74) is 5.09. The number of hydrogen-bond acceptors (Lipinski definition) is 12. The van der Waals surface area contributed by atoms with Gasteiger partial charge in [0.1, 0.15) is 18.1 Å². The Morgan fingerprint density at radius 3 is 2.75 bits per heavy atom. The Morgan fingerprint density at radius 1 is 1.42 bits per heavy atom. The van der Waals surface area contributed by atoms with E-state index in [1.165, 1.54) is 6.20 Å². The van der Waals surface area contributed by atoms with E-state index in [9.17, 15) is 33.6 Å². The standard InChI is InChI=1S/C16H25N4O13P3/c1-2-4-13(22)18-6-3-5-10-8-20(16(23)19-15(10)17)14-7-11(21)12(31-14)9-30-34(24)32-36(28,29)33-35(25,26)27/h8,11-12,14,21,24H,2,4,6-7,9H2,1H3,(H,18,22)(H,28,29)(H2,17,19,23)(H2,25,26,27). The predicted octanol–water partition coefficient (Wildman–Crippen LogP) is -0.796. The molecule has 8 N–H and O–H groups in total. The molecule has 1 aliphatic heterocycles. The second-order valence-corrected chi connectivity index (χ2v) is 11.1. The lowest BCUT2D eigenvalue weighted by molar-refractivity contribution is -0.120. The van der Waals surface area contributed by atoms with Crippen LogP contribution in [0.4, 0.5) is 5.82 Å². The Hall–Kier alpha value is -1.76. The van der Waals surface area contributed by atoms with Crippen LogP contribution in [0.3, 0.4) is 0 Å². The maximum Gasteiger partial charge on any atom is 0.487 e. The van der Waals surface area contributed by atoms with E-state index in [1.54, 1.807) is 0 Å². The minimum atomic E-state index is -5.40. The van der Waals surface area contributed by atoms with Crippen LogP contribution >= 0.6 is 24.2 Å². The summed E-state index contributed by atoms with van der Waals surface area (Å²) in [4.78, 5) is 63.3. The van der Waals surface area contributed by atoms with Crippen molar-refractivity contribution in [3.05, 3.63) is 22.2 Å². The average molecular weight is 574 g/mol. The Morgan fingerprint density at radius 2 is 2.11 bits per heavy atom. The van der Waals surface area contributed by atoms with Gasteiger partial charge in [-0.2, -0.15) is 9.29 Å². The summed E-state index contributed by atoms with van der Waals surface area (Å²) >= 11 is 0. The maximum absolute atomic E-state index is 12.3. The lowest BCUT2D eigenvalue weighted by atomic mass is 10.2. The molecule has 17 nitrogen and oxygen atoms in total. The highest BCUT2D eigenvalue weighted by Gasteiger charge is 2.39. The normalized spacial score (nSPS) is 22.3. The van der Waals surface area contributed by atoms with Crippen molar-refractivity contribution in [2.24, 2.45) is 0 Å². The maximum atomic E-state index is 12.3.